The molecule has 0 N–H and O–H groups in total. The Hall–Kier alpha value is -1.51. The fraction of sp³-hybridized carbons (Fsp3) is 0.462. The average molecular weight is 222 g/mol. The summed E-state index contributed by atoms with van der Waals surface area (Å²) in [5.74, 6) is 0.652. The lowest BCUT2D eigenvalue weighted by Crippen LogP contribution is -2.08. The maximum absolute atomic E-state index is 11.3. The number of hydrogen-bond acceptors (Lipinski definition) is 3. The molecule has 1 rings (SSSR count). The highest BCUT2D eigenvalue weighted by Crippen LogP contribution is 2.12. The first-order valence-electron chi connectivity index (χ1n) is 5.63. The number of hydrogen-bond donors (Lipinski definition) is 0. The lowest BCUT2D eigenvalue weighted by Gasteiger charge is -2.05. The van der Waals surface area contributed by atoms with Gasteiger partial charge in [-0.25, -0.2) is 0 Å². The van der Waals surface area contributed by atoms with Crippen molar-refractivity contribution in [1.29, 1.82) is 0 Å². The molecule has 0 aliphatic carbocycles. The SMILES string of the molecule is CCCOC(=O)Cc1ccc(OCC)cc1. The normalized spacial score (nSPS) is 9.88. The maximum Gasteiger partial charge on any atom is 0.310 e. The molecular weight excluding hydrogens is 204 g/mol. The zero-order chi connectivity index (χ0) is 11.8. The molecule has 0 spiro atoms. The van der Waals surface area contributed by atoms with Crippen LogP contribution in [-0.4, -0.2) is 19.2 Å². The third kappa shape index (κ3) is 4.34. The van der Waals surface area contributed by atoms with Crippen LogP contribution in [0.2, 0.25) is 0 Å². The molecule has 0 radical (unpaired) electrons. The van der Waals surface area contributed by atoms with Crippen LogP contribution in [0.15, 0.2) is 24.3 Å². The average Bonchev–Trinajstić information content (AvgIpc) is 2.29. The van der Waals surface area contributed by atoms with E-state index >= 15 is 0 Å². The lowest BCUT2D eigenvalue weighted by molar-refractivity contribution is -0.142. The Morgan fingerprint density at radius 1 is 1.19 bits per heavy atom. The van der Waals surface area contributed by atoms with Gasteiger partial charge in [-0.1, -0.05) is 19.1 Å². The van der Waals surface area contributed by atoms with Crippen LogP contribution in [0.5, 0.6) is 5.75 Å². The van der Waals surface area contributed by atoms with E-state index in [1.165, 1.54) is 0 Å². The minimum Gasteiger partial charge on any atom is -0.494 e. The second kappa shape index (κ2) is 6.88. The van der Waals surface area contributed by atoms with Gasteiger partial charge in [0, 0.05) is 0 Å². The molecule has 0 saturated carbocycles. The maximum atomic E-state index is 11.3. The minimum atomic E-state index is -0.175. The van der Waals surface area contributed by atoms with Crippen molar-refractivity contribution in [2.24, 2.45) is 0 Å². The predicted molar refractivity (Wildman–Crippen MR) is 62.6 cm³/mol. The van der Waals surface area contributed by atoms with Gasteiger partial charge in [0.25, 0.3) is 0 Å². The van der Waals surface area contributed by atoms with Crippen molar-refractivity contribution >= 4 is 5.97 Å². The highest BCUT2D eigenvalue weighted by molar-refractivity contribution is 5.72. The van der Waals surface area contributed by atoms with Crippen molar-refractivity contribution in [3.63, 3.8) is 0 Å². The number of ether oxygens (including phenoxy) is 2. The van der Waals surface area contributed by atoms with Crippen molar-refractivity contribution in [3.05, 3.63) is 29.8 Å². The fourth-order valence-electron chi connectivity index (χ4n) is 1.30. The molecule has 0 amide bonds. The Kier molecular flexibility index (Phi) is 5.40. The number of esters is 1. The monoisotopic (exact) mass is 222 g/mol. The summed E-state index contributed by atoms with van der Waals surface area (Å²) in [4.78, 5) is 11.3. The van der Waals surface area contributed by atoms with E-state index in [0.717, 1.165) is 17.7 Å². The molecule has 3 heteroatoms. The van der Waals surface area contributed by atoms with Crippen LogP contribution in [0.4, 0.5) is 0 Å². The van der Waals surface area contributed by atoms with E-state index in [9.17, 15) is 4.79 Å². The van der Waals surface area contributed by atoms with E-state index in [0.29, 0.717) is 19.6 Å². The molecule has 1 aromatic rings. The highest BCUT2D eigenvalue weighted by atomic mass is 16.5. The largest absolute Gasteiger partial charge is 0.494 e. The molecule has 0 heterocycles. The first-order valence-corrected chi connectivity index (χ1v) is 5.63. The van der Waals surface area contributed by atoms with Crippen LogP contribution < -0.4 is 4.74 Å². The van der Waals surface area contributed by atoms with Gasteiger partial charge in [0.05, 0.1) is 19.6 Å². The number of carbonyl (C=O) groups excluding carboxylic acids is 1. The Morgan fingerprint density at radius 3 is 2.44 bits per heavy atom. The van der Waals surface area contributed by atoms with Crippen LogP contribution >= 0.6 is 0 Å². The van der Waals surface area contributed by atoms with E-state index in [-0.39, 0.29) is 5.97 Å². The molecule has 0 aromatic heterocycles. The summed E-state index contributed by atoms with van der Waals surface area (Å²) < 4.78 is 10.3. The summed E-state index contributed by atoms with van der Waals surface area (Å²) in [6.07, 6.45) is 1.18. The van der Waals surface area contributed by atoms with Crippen LogP contribution in [0.1, 0.15) is 25.8 Å². The molecular formula is C13H18O3. The van der Waals surface area contributed by atoms with Gasteiger partial charge in [-0.15, -0.1) is 0 Å². The smallest absolute Gasteiger partial charge is 0.310 e. The lowest BCUT2D eigenvalue weighted by atomic mass is 10.1. The zero-order valence-electron chi connectivity index (χ0n) is 9.86. The van der Waals surface area contributed by atoms with Crippen LogP contribution in [0, 0.1) is 0 Å². The molecule has 0 saturated heterocycles. The van der Waals surface area contributed by atoms with Crippen molar-refractivity contribution in [2.75, 3.05) is 13.2 Å². The summed E-state index contributed by atoms with van der Waals surface area (Å²) in [5, 5.41) is 0. The van der Waals surface area contributed by atoms with Gasteiger partial charge in [0.1, 0.15) is 5.75 Å². The molecule has 0 bridgehead atoms. The van der Waals surface area contributed by atoms with Gasteiger partial charge >= 0.3 is 5.97 Å². The second-order valence-corrected chi connectivity index (χ2v) is 3.47. The van der Waals surface area contributed by atoms with Crippen molar-refractivity contribution < 1.29 is 14.3 Å². The molecule has 16 heavy (non-hydrogen) atoms. The van der Waals surface area contributed by atoms with Crippen molar-refractivity contribution in [2.45, 2.75) is 26.7 Å². The molecule has 0 unspecified atom stereocenters. The van der Waals surface area contributed by atoms with Gasteiger partial charge in [-0.2, -0.15) is 0 Å². The molecule has 0 atom stereocenters. The Bertz CT molecular complexity index is 316. The van der Waals surface area contributed by atoms with Crippen LogP contribution in [-0.2, 0) is 16.0 Å². The molecule has 0 aliphatic rings. The third-order valence-electron chi connectivity index (χ3n) is 2.05. The van der Waals surface area contributed by atoms with E-state index in [1.807, 2.05) is 38.1 Å². The van der Waals surface area contributed by atoms with E-state index in [2.05, 4.69) is 0 Å². The van der Waals surface area contributed by atoms with Crippen LogP contribution in [0.25, 0.3) is 0 Å². The quantitative estimate of drug-likeness (QED) is 0.694. The predicted octanol–water partition coefficient (Wildman–Crippen LogP) is 2.58. The number of carbonyl (C=O) groups is 1. The highest BCUT2D eigenvalue weighted by Gasteiger charge is 2.04. The van der Waals surface area contributed by atoms with Gasteiger partial charge in [-0.05, 0) is 31.0 Å². The summed E-state index contributed by atoms with van der Waals surface area (Å²) in [6, 6.07) is 7.51. The van der Waals surface area contributed by atoms with Crippen molar-refractivity contribution in [3.8, 4) is 5.75 Å². The van der Waals surface area contributed by atoms with Crippen molar-refractivity contribution in [1.82, 2.24) is 0 Å². The summed E-state index contributed by atoms with van der Waals surface area (Å²) >= 11 is 0. The topological polar surface area (TPSA) is 35.5 Å². The fourth-order valence-corrected chi connectivity index (χ4v) is 1.30. The van der Waals surface area contributed by atoms with Gasteiger partial charge in [-0.3, -0.25) is 4.79 Å². The number of rotatable bonds is 6. The molecule has 88 valence electrons. The van der Waals surface area contributed by atoms with Crippen LogP contribution in [0.3, 0.4) is 0 Å². The number of benzene rings is 1. The van der Waals surface area contributed by atoms with E-state index in [4.69, 9.17) is 9.47 Å². The van der Waals surface area contributed by atoms with Gasteiger partial charge in [0.2, 0.25) is 0 Å². The van der Waals surface area contributed by atoms with E-state index in [1.54, 1.807) is 0 Å². The standard InChI is InChI=1S/C13H18O3/c1-3-9-16-13(14)10-11-5-7-12(8-6-11)15-4-2/h5-8H,3-4,9-10H2,1-2H3. The Balaban J connectivity index is 2.45. The zero-order valence-corrected chi connectivity index (χ0v) is 9.86. The molecule has 0 aliphatic heterocycles. The molecule has 3 nitrogen and oxygen atoms in total. The second-order valence-electron chi connectivity index (χ2n) is 3.47. The first-order chi connectivity index (χ1) is 7.76. The summed E-state index contributed by atoms with van der Waals surface area (Å²) in [5.41, 5.74) is 0.949. The Labute approximate surface area is 96.4 Å². The van der Waals surface area contributed by atoms with Gasteiger partial charge in [0.15, 0.2) is 0 Å². The molecule has 0 fully saturated rings. The Morgan fingerprint density at radius 2 is 1.88 bits per heavy atom. The third-order valence-corrected chi connectivity index (χ3v) is 2.05. The molecule has 1 aromatic carbocycles. The first kappa shape index (κ1) is 12.6. The summed E-state index contributed by atoms with van der Waals surface area (Å²) in [7, 11) is 0. The summed E-state index contributed by atoms with van der Waals surface area (Å²) in [6.45, 7) is 5.06. The minimum absolute atomic E-state index is 0.175. The van der Waals surface area contributed by atoms with E-state index < -0.39 is 0 Å². The van der Waals surface area contributed by atoms with Gasteiger partial charge < -0.3 is 9.47 Å².